The summed E-state index contributed by atoms with van der Waals surface area (Å²) in [5.41, 5.74) is 1.08. The van der Waals surface area contributed by atoms with E-state index in [4.69, 9.17) is 11.6 Å². The number of halogens is 1. The van der Waals surface area contributed by atoms with Crippen molar-refractivity contribution in [1.29, 1.82) is 0 Å². The van der Waals surface area contributed by atoms with Crippen LogP contribution < -0.4 is 10.6 Å². The Bertz CT molecular complexity index is 310. The van der Waals surface area contributed by atoms with E-state index in [2.05, 4.69) is 15.5 Å². The highest BCUT2D eigenvalue weighted by Gasteiger charge is 2.08. The van der Waals surface area contributed by atoms with Crippen LogP contribution >= 0.6 is 11.6 Å². The predicted molar refractivity (Wildman–Crippen MR) is 64.4 cm³/mol. The minimum Gasteiger partial charge on any atom is -0.372 e. The molecule has 0 atom stereocenters. The number of hydrogen-bond acceptors (Lipinski definition) is 3. The molecule has 1 saturated heterocycles. The van der Waals surface area contributed by atoms with Gasteiger partial charge in [0, 0.05) is 36.9 Å². The van der Waals surface area contributed by atoms with Crippen LogP contribution in [0.3, 0.4) is 0 Å². The van der Waals surface area contributed by atoms with Crippen molar-refractivity contribution in [2.24, 2.45) is 0 Å². The predicted octanol–water partition coefficient (Wildman–Crippen LogP) is 1.61. The molecule has 4 heteroatoms. The molecular formula is C11H16ClN3. The molecule has 3 nitrogen and oxygen atoms in total. The SMILES string of the molecule is Clc1cccc(NCN2CCNCC2)c1. The van der Waals surface area contributed by atoms with Crippen molar-refractivity contribution in [2.75, 3.05) is 38.2 Å². The van der Waals surface area contributed by atoms with Crippen LogP contribution in [0.15, 0.2) is 24.3 Å². The van der Waals surface area contributed by atoms with Gasteiger partial charge in [0.25, 0.3) is 0 Å². The zero-order valence-corrected chi connectivity index (χ0v) is 9.43. The molecule has 2 rings (SSSR count). The highest BCUT2D eigenvalue weighted by Crippen LogP contribution is 2.14. The van der Waals surface area contributed by atoms with Crippen molar-refractivity contribution in [2.45, 2.75) is 0 Å². The lowest BCUT2D eigenvalue weighted by Crippen LogP contribution is -2.45. The summed E-state index contributed by atoms with van der Waals surface area (Å²) in [7, 11) is 0. The Balaban J connectivity index is 1.81. The maximum Gasteiger partial charge on any atom is 0.0679 e. The van der Waals surface area contributed by atoms with Gasteiger partial charge >= 0.3 is 0 Å². The van der Waals surface area contributed by atoms with Gasteiger partial charge in [0.15, 0.2) is 0 Å². The zero-order valence-electron chi connectivity index (χ0n) is 8.67. The molecule has 0 aromatic heterocycles. The lowest BCUT2D eigenvalue weighted by molar-refractivity contribution is 0.256. The highest BCUT2D eigenvalue weighted by atomic mass is 35.5. The van der Waals surface area contributed by atoms with Crippen LogP contribution in [0.25, 0.3) is 0 Å². The van der Waals surface area contributed by atoms with Crippen LogP contribution in [-0.4, -0.2) is 37.7 Å². The molecule has 0 bridgehead atoms. The van der Waals surface area contributed by atoms with E-state index in [0.29, 0.717) is 0 Å². The standard InChI is InChI=1S/C11H16ClN3/c12-10-2-1-3-11(8-10)14-9-15-6-4-13-5-7-15/h1-3,8,13-14H,4-7,9H2. The molecule has 0 unspecified atom stereocenters. The summed E-state index contributed by atoms with van der Waals surface area (Å²) in [6.07, 6.45) is 0. The van der Waals surface area contributed by atoms with Gasteiger partial charge in [-0.3, -0.25) is 4.90 Å². The molecule has 0 amide bonds. The molecule has 1 aliphatic rings. The molecule has 1 heterocycles. The molecule has 0 spiro atoms. The Morgan fingerprint density at radius 1 is 1.33 bits per heavy atom. The van der Waals surface area contributed by atoms with Crippen molar-refractivity contribution in [1.82, 2.24) is 10.2 Å². The average Bonchev–Trinajstić information content (AvgIpc) is 2.28. The highest BCUT2D eigenvalue weighted by molar-refractivity contribution is 6.30. The van der Waals surface area contributed by atoms with Crippen LogP contribution in [0.2, 0.25) is 5.02 Å². The number of nitrogens with zero attached hydrogens (tertiary/aromatic N) is 1. The first-order chi connectivity index (χ1) is 7.34. The van der Waals surface area contributed by atoms with Gasteiger partial charge in [-0.2, -0.15) is 0 Å². The lowest BCUT2D eigenvalue weighted by atomic mass is 10.3. The van der Waals surface area contributed by atoms with E-state index in [1.54, 1.807) is 0 Å². The lowest BCUT2D eigenvalue weighted by Gasteiger charge is -2.27. The maximum absolute atomic E-state index is 5.90. The molecule has 82 valence electrons. The number of benzene rings is 1. The van der Waals surface area contributed by atoms with Crippen LogP contribution in [0, 0.1) is 0 Å². The average molecular weight is 226 g/mol. The molecule has 1 fully saturated rings. The third-order valence-corrected chi connectivity index (χ3v) is 2.78. The van der Waals surface area contributed by atoms with E-state index in [0.717, 1.165) is 43.6 Å². The fourth-order valence-corrected chi connectivity index (χ4v) is 1.86. The van der Waals surface area contributed by atoms with Gasteiger partial charge in [0.1, 0.15) is 0 Å². The largest absolute Gasteiger partial charge is 0.372 e. The quantitative estimate of drug-likeness (QED) is 0.819. The van der Waals surface area contributed by atoms with Gasteiger partial charge in [-0.1, -0.05) is 17.7 Å². The van der Waals surface area contributed by atoms with E-state index in [1.807, 2.05) is 24.3 Å². The summed E-state index contributed by atoms with van der Waals surface area (Å²) in [5.74, 6) is 0. The van der Waals surface area contributed by atoms with Crippen LogP contribution in [0.5, 0.6) is 0 Å². The van der Waals surface area contributed by atoms with Gasteiger partial charge in [0.05, 0.1) is 6.67 Å². The third-order valence-electron chi connectivity index (χ3n) is 2.54. The van der Waals surface area contributed by atoms with E-state index in [-0.39, 0.29) is 0 Å². The van der Waals surface area contributed by atoms with Gasteiger partial charge < -0.3 is 10.6 Å². The number of rotatable bonds is 3. The Kier molecular flexibility index (Phi) is 3.83. The normalized spacial score (nSPS) is 17.7. The zero-order chi connectivity index (χ0) is 10.5. The summed E-state index contributed by atoms with van der Waals surface area (Å²) in [6, 6.07) is 7.83. The molecular weight excluding hydrogens is 210 g/mol. The molecule has 15 heavy (non-hydrogen) atoms. The molecule has 1 aromatic rings. The van der Waals surface area contributed by atoms with E-state index >= 15 is 0 Å². The Morgan fingerprint density at radius 3 is 2.87 bits per heavy atom. The second-order valence-corrected chi connectivity index (χ2v) is 4.15. The Hall–Kier alpha value is -0.770. The second kappa shape index (κ2) is 5.35. The Morgan fingerprint density at radius 2 is 2.13 bits per heavy atom. The summed E-state index contributed by atoms with van der Waals surface area (Å²) >= 11 is 5.90. The summed E-state index contributed by atoms with van der Waals surface area (Å²) in [5, 5.41) is 7.48. The number of piperazine rings is 1. The van der Waals surface area contributed by atoms with Crippen molar-refractivity contribution in [3.8, 4) is 0 Å². The van der Waals surface area contributed by atoms with Crippen molar-refractivity contribution in [3.05, 3.63) is 29.3 Å². The first-order valence-electron chi connectivity index (χ1n) is 5.27. The molecule has 0 radical (unpaired) electrons. The summed E-state index contributed by atoms with van der Waals surface area (Å²) in [6.45, 7) is 5.26. The Labute approximate surface area is 95.4 Å². The molecule has 0 saturated carbocycles. The van der Waals surface area contributed by atoms with Gasteiger partial charge in [-0.05, 0) is 18.2 Å². The topological polar surface area (TPSA) is 27.3 Å². The summed E-state index contributed by atoms with van der Waals surface area (Å²) < 4.78 is 0. The van der Waals surface area contributed by atoms with Crippen molar-refractivity contribution in [3.63, 3.8) is 0 Å². The fraction of sp³-hybridized carbons (Fsp3) is 0.455. The van der Waals surface area contributed by atoms with Gasteiger partial charge in [-0.15, -0.1) is 0 Å². The van der Waals surface area contributed by atoms with Crippen molar-refractivity contribution >= 4 is 17.3 Å². The van der Waals surface area contributed by atoms with Crippen LogP contribution in [-0.2, 0) is 0 Å². The first-order valence-corrected chi connectivity index (χ1v) is 5.65. The summed E-state index contributed by atoms with van der Waals surface area (Å²) in [4.78, 5) is 2.39. The molecule has 1 aromatic carbocycles. The number of nitrogens with one attached hydrogen (secondary N) is 2. The second-order valence-electron chi connectivity index (χ2n) is 3.71. The molecule has 0 aliphatic carbocycles. The number of anilines is 1. The monoisotopic (exact) mass is 225 g/mol. The minimum atomic E-state index is 0.778. The van der Waals surface area contributed by atoms with E-state index in [1.165, 1.54) is 0 Å². The molecule has 1 aliphatic heterocycles. The number of hydrogen-bond donors (Lipinski definition) is 2. The minimum absolute atomic E-state index is 0.778. The van der Waals surface area contributed by atoms with E-state index in [9.17, 15) is 0 Å². The first kappa shape index (κ1) is 10.7. The molecule has 2 N–H and O–H groups in total. The maximum atomic E-state index is 5.90. The van der Waals surface area contributed by atoms with E-state index < -0.39 is 0 Å². The van der Waals surface area contributed by atoms with Crippen LogP contribution in [0.4, 0.5) is 5.69 Å². The smallest absolute Gasteiger partial charge is 0.0679 e. The van der Waals surface area contributed by atoms with Crippen LogP contribution in [0.1, 0.15) is 0 Å². The van der Waals surface area contributed by atoms with Gasteiger partial charge in [0.2, 0.25) is 0 Å². The van der Waals surface area contributed by atoms with Gasteiger partial charge in [-0.25, -0.2) is 0 Å². The van der Waals surface area contributed by atoms with Crippen molar-refractivity contribution < 1.29 is 0 Å². The fourth-order valence-electron chi connectivity index (χ4n) is 1.67. The third kappa shape index (κ3) is 3.38.